The van der Waals surface area contributed by atoms with Gasteiger partial charge in [0.25, 0.3) is 0 Å². The Morgan fingerprint density at radius 3 is 2.78 bits per heavy atom. The minimum absolute atomic E-state index is 0.121. The maximum Gasteiger partial charge on any atom is 0.225 e. The van der Waals surface area contributed by atoms with Gasteiger partial charge in [0, 0.05) is 19.9 Å². The first kappa shape index (κ1) is 14.6. The Morgan fingerprint density at radius 2 is 2.22 bits per heavy atom. The van der Waals surface area contributed by atoms with Crippen molar-refractivity contribution < 1.29 is 9.53 Å². The van der Waals surface area contributed by atoms with Crippen LogP contribution in [-0.2, 0) is 16.1 Å². The number of carbonyl (C=O) groups excluding carboxylic acids is 1. The van der Waals surface area contributed by atoms with Gasteiger partial charge in [-0.2, -0.15) is 0 Å². The average molecular weight is 250 g/mol. The Kier molecular flexibility index (Phi) is 6.36. The van der Waals surface area contributed by atoms with Crippen molar-refractivity contribution in [3.8, 4) is 0 Å². The first-order chi connectivity index (χ1) is 8.63. The molecule has 18 heavy (non-hydrogen) atoms. The monoisotopic (exact) mass is 250 g/mol. The van der Waals surface area contributed by atoms with Gasteiger partial charge in [0.05, 0.1) is 25.3 Å². The summed E-state index contributed by atoms with van der Waals surface area (Å²) >= 11 is 0. The first-order valence-corrected chi connectivity index (χ1v) is 6.30. The van der Waals surface area contributed by atoms with Crippen molar-refractivity contribution in [1.82, 2.24) is 9.88 Å². The Bertz CT molecular complexity index is 352. The maximum atomic E-state index is 12.1. The molecule has 0 N–H and O–H groups in total. The summed E-state index contributed by atoms with van der Waals surface area (Å²) in [6.45, 7) is 6.00. The molecule has 0 spiro atoms. The number of ether oxygens (including phenoxy) is 1. The standard InChI is InChI=1S/C14H22N2O2/c1-12(2)10-16(14(17)7-9-18-3)11-13-6-4-5-8-15-13/h4-6,8,12H,7,9-11H2,1-3H3. The molecule has 0 unspecified atom stereocenters. The highest BCUT2D eigenvalue weighted by Crippen LogP contribution is 2.07. The summed E-state index contributed by atoms with van der Waals surface area (Å²) in [5.41, 5.74) is 0.920. The van der Waals surface area contributed by atoms with E-state index in [9.17, 15) is 4.79 Å². The molecule has 0 saturated heterocycles. The lowest BCUT2D eigenvalue weighted by molar-refractivity contribution is -0.133. The Labute approximate surface area is 109 Å². The largest absolute Gasteiger partial charge is 0.384 e. The van der Waals surface area contributed by atoms with Gasteiger partial charge in [0.2, 0.25) is 5.91 Å². The van der Waals surface area contributed by atoms with Gasteiger partial charge in [-0.3, -0.25) is 9.78 Å². The Morgan fingerprint density at radius 1 is 1.44 bits per heavy atom. The van der Waals surface area contributed by atoms with Gasteiger partial charge in [-0.25, -0.2) is 0 Å². The Hall–Kier alpha value is -1.42. The highest BCUT2D eigenvalue weighted by atomic mass is 16.5. The van der Waals surface area contributed by atoms with Gasteiger partial charge >= 0.3 is 0 Å². The molecule has 1 rings (SSSR count). The molecule has 1 aromatic heterocycles. The lowest BCUT2D eigenvalue weighted by atomic mass is 10.2. The fraction of sp³-hybridized carbons (Fsp3) is 0.571. The van der Waals surface area contributed by atoms with E-state index < -0.39 is 0 Å². The third-order valence-corrected chi connectivity index (χ3v) is 2.54. The lowest BCUT2D eigenvalue weighted by Gasteiger charge is -2.24. The van der Waals surface area contributed by atoms with Crippen LogP contribution in [0.3, 0.4) is 0 Å². The van der Waals surface area contributed by atoms with Crippen molar-refractivity contribution in [1.29, 1.82) is 0 Å². The zero-order chi connectivity index (χ0) is 13.4. The minimum Gasteiger partial charge on any atom is -0.384 e. The van der Waals surface area contributed by atoms with E-state index in [2.05, 4.69) is 18.8 Å². The Balaban J connectivity index is 2.63. The van der Waals surface area contributed by atoms with Crippen LogP contribution in [-0.4, -0.2) is 36.1 Å². The molecule has 0 radical (unpaired) electrons. The molecule has 0 aliphatic carbocycles. The van der Waals surface area contributed by atoms with Crippen molar-refractivity contribution in [3.05, 3.63) is 30.1 Å². The van der Waals surface area contributed by atoms with Crippen LogP contribution in [0.15, 0.2) is 24.4 Å². The maximum absolute atomic E-state index is 12.1. The summed E-state index contributed by atoms with van der Waals surface area (Å²) in [5.74, 6) is 0.566. The zero-order valence-electron chi connectivity index (χ0n) is 11.4. The van der Waals surface area contributed by atoms with Crippen molar-refractivity contribution >= 4 is 5.91 Å². The second-order valence-electron chi connectivity index (χ2n) is 4.73. The second-order valence-corrected chi connectivity index (χ2v) is 4.73. The summed E-state index contributed by atoms with van der Waals surface area (Å²) in [7, 11) is 1.61. The van der Waals surface area contributed by atoms with E-state index in [1.165, 1.54) is 0 Å². The van der Waals surface area contributed by atoms with Crippen LogP contribution in [0.4, 0.5) is 0 Å². The fourth-order valence-electron chi connectivity index (χ4n) is 1.73. The number of hydrogen-bond donors (Lipinski definition) is 0. The van der Waals surface area contributed by atoms with E-state index in [1.54, 1.807) is 13.3 Å². The third kappa shape index (κ3) is 5.27. The summed E-state index contributed by atoms with van der Waals surface area (Å²) in [6, 6.07) is 5.76. The molecule has 0 bridgehead atoms. The highest BCUT2D eigenvalue weighted by molar-refractivity contribution is 5.76. The third-order valence-electron chi connectivity index (χ3n) is 2.54. The zero-order valence-corrected chi connectivity index (χ0v) is 11.4. The molecule has 0 aliphatic heterocycles. The van der Waals surface area contributed by atoms with Gasteiger partial charge in [-0.1, -0.05) is 19.9 Å². The van der Waals surface area contributed by atoms with Crippen molar-refractivity contribution in [2.45, 2.75) is 26.8 Å². The average Bonchev–Trinajstić information content (AvgIpc) is 2.36. The lowest BCUT2D eigenvalue weighted by Crippen LogP contribution is -2.34. The molecule has 4 nitrogen and oxygen atoms in total. The minimum atomic E-state index is 0.121. The van der Waals surface area contributed by atoms with Gasteiger partial charge in [0.15, 0.2) is 0 Å². The van der Waals surface area contributed by atoms with Crippen LogP contribution in [0.2, 0.25) is 0 Å². The molecule has 1 amide bonds. The van der Waals surface area contributed by atoms with Gasteiger partial charge in [-0.15, -0.1) is 0 Å². The van der Waals surface area contributed by atoms with E-state index in [1.807, 2.05) is 23.1 Å². The molecule has 1 heterocycles. The molecular formula is C14H22N2O2. The SMILES string of the molecule is COCCC(=O)N(Cc1ccccn1)CC(C)C. The van der Waals surface area contributed by atoms with Gasteiger partial charge in [0.1, 0.15) is 0 Å². The van der Waals surface area contributed by atoms with E-state index in [-0.39, 0.29) is 5.91 Å². The van der Waals surface area contributed by atoms with E-state index in [0.717, 1.165) is 12.2 Å². The smallest absolute Gasteiger partial charge is 0.225 e. The van der Waals surface area contributed by atoms with E-state index >= 15 is 0 Å². The molecular weight excluding hydrogens is 228 g/mol. The molecule has 0 atom stereocenters. The van der Waals surface area contributed by atoms with Crippen LogP contribution >= 0.6 is 0 Å². The van der Waals surface area contributed by atoms with E-state index in [4.69, 9.17) is 4.74 Å². The molecule has 0 saturated carbocycles. The number of amides is 1. The first-order valence-electron chi connectivity index (χ1n) is 6.30. The number of methoxy groups -OCH3 is 1. The van der Waals surface area contributed by atoms with E-state index in [0.29, 0.717) is 25.5 Å². The second kappa shape index (κ2) is 7.82. The van der Waals surface area contributed by atoms with Crippen molar-refractivity contribution in [3.63, 3.8) is 0 Å². The number of aromatic nitrogens is 1. The molecule has 0 aliphatic rings. The predicted molar refractivity (Wildman–Crippen MR) is 71.0 cm³/mol. The summed E-state index contributed by atoms with van der Waals surface area (Å²) in [6.07, 6.45) is 2.18. The quantitative estimate of drug-likeness (QED) is 0.744. The van der Waals surface area contributed by atoms with Crippen LogP contribution in [0.25, 0.3) is 0 Å². The summed E-state index contributed by atoms with van der Waals surface area (Å²) < 4.78 is 4.95. The molecule has 0 fully saturated rings. The molecule has 100 valence electrons. The normalized spacial score (nSPS) is 10.7. The van der Waals surface area contributed by atoms with Gasteiger partial charge < -0.3 is 9.64 Å². The molecule has 0 aromatic carbocycles. The van der Waals surface area contributed by atoms with Gasteiger partial charge in [-0.05, 0) is 18.1 Å². The molecule has 1 aromatic rings. The predicted octanol–water partition coefficient (Wildman–Crippen LogP) is 2.10. The van der Waals surface area contributed by atoms with Crippen LogP contribution in [0.5, 0.6) is 0 Å². The summed E-state index contributed by atoms with van der Waals surface area (Å²) in [4.78, 5) is 18.2. The van der Waals surface area contributed by atoms with Crippen molar-refractivity contribution in [2.24, 2.45) is 5.92 Å². The highest BCUT2D eigenvalue weighted by Gasteiger charge is 2.15. The summed E-state index contributed by atoms with van der Waals surface area (Å²) in [5, 5.41) is 0. The fourth-order valence-corrected chi connectivity index (χ4v) is 1.73. The number of carbonyl (C=O) groups is 1. The topological polar surface area (TPSA) is 42.4 Å². The van der Waals surface area contributed by atoms with Crippen LogP contribution < -0.4 is 0 Å². The number of hydrogen-bond acceptors (Lipinski definition) is 3. The number of nitrogens with zero attached hydrogens (tertiary/aromatic N) is 2. The molecule has 4 heteroatoms. The van der Waals surface area contributed by atoms with Crippen LogP contribution in [0, 0.1) is 5.92 Å². The number of rotatable bonds is 7. The van der Waals surface area contributed by atoms with Crippen molar-refractivity contribution in [2.75, 3.05) is 20.3 Å². The number of pyridine rings is 1. The van der Waals surface area contributed by atoms with Crippen LogP contribution in [0.1, 0.15) is 26.0 Å².